The molecule has 7 N–H and O–H groups in total. The zero-order valence-corrected chi connectivity index (χ0v) is 23.5. The van der Waals surface area contributed by atoms with Crippen molar-refractivity contribution in [3.05, 3.63) is 34.2 Å². The zero-order valence-electron chi connectivity index (χ0n) is 21.9. The predicted molar refractivity (Wildman–Crippen MR) is 149 cm³/mol. The molecule has 1 aromatic carbocycles. The van der Waals surface area contributed by atoms with Crippen molar-refractivity contribution < 1.29 is 23.9 Å². The largest absolute Gasteiger partial charge is 0.465 e. The van der Waals surface area contributed by atoms with Gasteiger partial charge < -0.3 is 31.8 Å². The van der Waals surface area contributed by atoms with Gasteiger partial charge in [-0.25, -0.2) is 9.18 Å². The number of carbonyl (C=O) groups excluding carboxylic acids is 2. The molecule has 3 amide bonds. The van der Waals surface area contributed by atoms with Gasteiger partial charge in [0.15, 0.2) is 0 Å². The van der Waals surface area contributed by atoms with Crippen molar-refractivity contribution in [2.45, 2.75) is 77.4 Å². The van der Waals surface area contributed by atoms with Gasteiger partial charge in [0.05, 0.1) is 21.6 Å². The second-order valence-electron chi connectivity index (χ2n) is 10.2. The third-order valence-electron chi connectivity index (χ3n) is 7.68. The molecular formula is C26H35ClFN5O4S. The van der Waals surface area contributed by atoms with Gasteiger partial charge in [-0.3, -0.25) is 9.59 Å². The van der Waals surface area contributed by atoms with Gasteiger partial charge in [0.2, 0.25) is 11.8 Å². The molecule has 12 heteroatoms. The summed E-state index contributed by atoms with van der Waals surface area (Å²) in [5, 5.41) is 18.2. The van der Waals surface area contributed by atoms with Crippen molar-refractivity contribution in [2.75, 3.05) is 0 Å². The smallest absolute Gasteiger partial charge is 0.405 e. The highest BCUT2D eigenvalue weighted by Gasteiger charge is 2.46. The molecule has 208 valence electrons. The normalized spacial score (nSPS) is 20.1. The van der Waals surface area contributed by atoms with Gasteiger partial charge in [-0.15, -0.1) is 0 Å². The first-order valence-electron chi connectivity index (χ1n) is 12.7. The molecular weight excluding hydrogens is 533 g/mol. The minimum absolute atomic E-state index is 0.0323. The molecule has 5 atom stereocenters. The first kappa shape index (κ1) is 29.6. The molecule has 0 spiro atoms. The van der Waals surface area contributed by atoms with Gasteiger partial charge in [-0.2, -0.15) is 0 Å². The molecule has 1 aromatic heterocycles. The van der Waals surface area contributed by atoms with Crippen molar-refractivity contribution in [1.82, 2.24) is 20.9 Å². The monoisotopic (exact) mass is 567 g/mol. The number of amides is 3. The highest BCUT2D eigenvalue weighted by Crippen LogP contribution is 2.37. The lowest BCUT2D eigenvalue weighted by Crippen LogP contribution is -2.67. The lowest BCUT2D eigenvalue weighted by Gasteiger charge is -2.39. The fourth-order valence-electron chi connectivity index (χ4n) is 4.99. The second-order valence-corrected chi connectivity index (χ2v) is 11.1. The van der Waals surface area contributed by atoms with Crippen molar-refractivity contribution in [3.63, 3.8) is 0 Å². The van der Waals surface area contributed by atoms with Crippen LogP contribution in [0.15, 0.2) is 12.1 Å². The number of H-pyrrole nitrogens is 1. The lowest BCUT2D eigenvalue weighted by molar-refractivity contribution is -0.136. The van der Waals surface area contributed by atoms with E-state index in [-0.39, 0.29) is 34.7 Å². The van der Waals surface area contributed by atoms with Crippen molar-refractivity contribution in [1.29, 1.82) is 0 Å². The van der Waals surface area contributed by atoms with Crippen LogP contribution in [0.4, 0.5) is 9.18 Å². The standard InChI is InChI=1S/C26H35ClFN5O4S/c1-5-12(3)19(22(29)38)31-24(35)26(33-23(34)20(13(4)6-2)32-25(36)37)8-7-18-16(11-26)15-9-14(28)10-17(27)21(15)30-18/h9-10,12-13,19-20,30,32H,5-8,11H2,1-4H3,(H2,29,38)(H,31,35)(H,33,34)(H,36,37). The van der Waals surface area contributed by atoms with E-state index in [1.54, 1.807) is 6.92 Å². The molecule has 1 aliphatic rings. The number of nitrogens with two attached hydrogens (primary N) is 1. The van der Waals surface area contributed by atoms with Gasteiger partial charge in [0.25, 0.3) is 0 Å². The number of halogens is 2. The maximum atomic E-state index is 14.3. The minimum atomic E-state index is -1.47. The summed E-state index contributed by atoms with van der Waals surface area (Å²) in [6, 6.07) is 0.854. The van der Waals surface area contributed by atoms with E-state index >= 15 is 0 Å². The third kappa shape index (κ3) is 6.04. The van der Waals surface area contributed by atoms with E-state index in [1.807, 2.05) is 20.8 Å². The summed E-state index contributed by atoms with van der Waals surface area (Å²) in [5.74, 6) is -2.05. The fourth-order valence-corrected chi connectivity index (χ4v) is 5.53. The second kappa shape index (κ2) is 11.9. The highest BCUT2D eigenvalue weighted by molar-refractivity contribution is 7.80. The third-order valence-corrected chi connectivity index (χ3v) is 8.23. The van der Waals surface area contributed by atoms with Crippen LogP contribution in [-0.2, 0) is 22.4 Å². The van der Waals surface area contributed by atoms with E-state index in [1.165, 1.54) is 12.1 Å². The lowest BCUT2D eigenvalue weighted by atomic mass is 9.78. The number of hydrogen-bond acceptors (Lipinski definition) is 4. The highest BCUT2D eigenvalue weighted by atomic mass is 35.5. The number of hydrogen-bond donors (Lipinski definition) is 6. The van der Waals surface area contributed by atoms with E-state index in [2.05, 4.69) is 20.9 Å². The van der Waals surface area contributed by atoms with Crippen LogP contribution < -0.4 is 21.7 Å². The van der Waals surface area contributed by atoms with Crippen LogP contribution in [-0.4, -0.2) is 50.6 Å². The van der Waals surface area contributed by atoms with Gasteiger partial charge in [0.1, 0.15) is 17.4 Å². The van der Waals surface area contributed by atoms with Gasteiger partial charge in [0, 0.05) is 17.5 Å². The molecule has 0 fully saturated rings. The van der Waals surface area contributed by atoms with E-state index in [0.717, 1.165) is 5.69 Å². The van der Waals surface area contributed by atoms with E-state index < -0.39 is 41.3 Å². The molecule has 0 radical (unpaired) electrons. The van der Waals surface area contributed by atoms with Gasteiger partial charge >= 0.3 is 6.09 Å². The number of nitrogens with one attached hydrogen (secondary N) is 4. The molecule has 38 heavy (non-hydrogen) atoms. The quantitative estimate of drug-likeness (QED) is 0.240. The molecule has 0 saturated carbocycles. The summed E-state index contributed by atoms with van der Waals surface area (Å²) in [6.07, 6.45) is 0.475. The SMILES string of the molecule is CCC(C)C(NC(=O)O)C(=O)NC1(C(=O)NC(C(N)=S)C(C)CC)CCc2[nH]c3c(Cl)cc(F)cc3c2C1. The molecule has 0 aliphatic heterocycles. The molecule has 1 heterocycles. The molecule has 0 saturated heterocycles. The summed E-state index contributed by atoms with van der Waals surface area (Å²) >= 11 is 11.5. The van der Waals surface area contributed by atoms with Gasteiger partial charge in [-0.1, -0.05) is 64.4 Å². The molecule has 1 aliphatic carbocycles. The predicted octanol–water partition coefficient (Wildman–Crippen LogP) is 3.80. The first-order valence-corrected chi connectivity index (χ1v) is 13.5. The van der Waals surface area contributed by atoms with Crippen LogP contribution in [0, 0.1) is 17.7 Å². The molecule has 0 bridgehead atoms. The van der Waals surface area contributed by atoms with Crippen LogP contribution in [0.25, 0.3) is 10.9 Å². The van der Waals surface area contributed by atoms with Crippen LogP contribution in [0.2, 0.25) is 5.02 Å². The topological polar surface area (TPSA) is 149 Å². The van der Waals surface area contributed by atoms with E-state index in [9.17, 15) is 23.9 Å². The fraction of sp³-hybridized carbons (Fsp3) is 0.538. The van der Waals surface area contributed by atoms with Crippen LogP contribution >= 0.6 is 23.8 Å². The number of aryl methyl sites for hydroxylation is 1. The number of fused-ring (bicyclic) bond motifs is 3. The minimum Gasteiger partial charge on any atom is -0.465 e. The first-order chi connectivity index (χ1) is 17.8. The average Bonchev–Trinajstić information content (AvgIpc) is 3.22. The summed E-state index contributed by atoms with van der Waals surface area (Å²) in [6.45, 7) is 7.45. The molecule has 5 unspecified atom stereocenters. The van der Waals surface area contributed by atoms with Gasteiger partial charge in [-0.05, 0) is 42.4 Å². The Morgan fingerprint density at radius 3 is 2.39 bits per heavy atom. The average molecular weight is 568 g/mol. The number of benzene rings is 1. The summed E-state index contributed by atoms with van der Waals surface area (Å²) in [7, 11) is 0. The Morgan fingerprint density at radius 1 is 1.18 bits per heavy atom. The van der Waals surface area contributed by atoms with Crippen LogP contribution in [0.5, 0.6) is 0 Å². The van der Waals surface area contributed by atoms with E-state index in [0.29, 0.717) is 35.7 Å². The maximum Gasteiger partial charge on any atom is 0.405 e. The number of aromatic nitrogens is 1. The Bertz CT molecular complexity index is 1250. The number of aromatic amines is 1. The van der Waals surface area contributed by atoms with Crippen molar-refractivity contribution in [2.24, 2.45) is 17.6 Å². The van der Waals surface area contributed by atoms with E-state index in [4.69, 9.17) is 29.6 Å². The number of rotatable bonds is 10. The molecule has 9 nitrogen and oxygen atoms in total. The molecule has 2 aromatic rings. The Morgan fingerprint density at radius 2 is 1.82 bits per heavy atom. The summed E-state index contributed by atoms with van der Waals surface area (Å²) in [5.41, 5.74) is 6.48. The molecule has 3 rings (SSSR count). The zero-order chi connectivity index (χ0) is 28.4. The number of thiocarbonyl (C=S) groups is 1. The Kier molecular flexibility index (Phi) is 9.25. The van der Waals surface area contributed by atoms with Crippen molar-refractivity contribution >= 4 is 57.6 Å². The summed E-state index contributed by atoms with van der Waals surface area (Å²) < 4.78 is 14.3. The number of carbonyl (C=O) groups is 3. The van der Waals surface area contributed by atoms with Crippen molar-refractivity contribution in [3.8, 4) is 0 Å². The Hall–Kier alpha value is -2.92. The van der Waals surface area contributed by atoms with Crippen LogP contribution in [0.1, 0.15) is 58.2 Å². The van der Waals surface area contributed by atoms with Crippen LogP contribution in [0.3, 0.4) is 0 Å². The Balaban J connectivity index is 2.08. The number of carboxylic acid groups (broad SMARTS) is 1. The summed E-state index contributed by atoms with van der Waals surface area (Å²) in [4.78, 5) is 42.3. The Labute approximate surface area is 231 Å². The maximum absolute atomic E-state index is 14.3.